The molecule has 0 bridgehead atoms. The first-order valence-corrected chi connectivity index (χ1v) is 3.82. The topological polar surface area (TPSA) is 0 Å². The molecule has 3 heteroatoms. The van der Waals surface area contributed by atoms with Crippen LogP contribution in [0.5, 0.6) is 0 Å². The van der Waals surface area contributed by atoms with E-state index in [-0.39, 0.29) is 57.9 Å². The summed E-state index contributed by atoms with van der Waals surface area (Å²) >= 11 is 0. The van der Waals surface area contributed by atoms with Gasteiger partial charge in [-0.2, -0.15) is 0 Å². The quantitative estimate of drug-likeness (QED) is 0.381. The zero-order valence-electron chi connectivity index (χ0n) is 8.03. The Labute approximate surface area is 130 Å². The molecule has 0 aliphatic carbocycles. The average molecular weight is 433 g/mol. The second-order valence-electron chi connectivity index (χ2n) is 2.15. The van der Waals surface area contributed by atoms with Crippen LogP contribution in [0, 0.1) is 12.1 Å². The molecule has 0 saturated heterocycles. The van der Waals surface area contributed by atoms with Crippen LogP contribution < -0.4 is 34.0 Å². The molecule has 0 amide bonds. The minimum atomic E-state index is 0. The molecule has 0 aromatic heterocycles. The minimum absolute atomic E-state index is 0. The molecule has 2 aromatic carbocycles. The van der Waals surface area contributed by atoms with Gasteiger partial charge >= 0.3 is 23.9 Å². The Balaban J connectivity index is -0.000000160. The summed E-state index contributed by atoms with van der Waals surface area (Å²) in [7, 11) is 0. The van der Waals surface area contributed by atoms with Crippen LogP contribution in [0.3, 0.4) is 0 Å². The van der Waals surface area contributed by atoms with Crippen molar-refractivity contribution in [1.82, 2.24) is 0 Å². The summed E-state index contributed by atoms with van der Waals surface area (Å²) in [6.45, 7) is 0. The second-order valence-corrected chi connectivity index (χ2v) is 2.15. The van der Waals surface area contributed by atoms with Crippen molar-refractivity contribution in [3.63, 3.8) is 0 Å². The summed E-state index contributed by atoms with van der Waals surface area (Å²) in [5.74, 6) is 0. The average Bonchev–Trinajstić information content (AvgIpc) is 2.24. The van der Waals surface area contributed by atoms with Crippen molar-refractivity contribution in [1.29, 1.82) is 0 Å². The third kappa shape index (κ3) is 14.2. The Morgan fingerprint density at radius 2 is 0.733 bits per heavy atom. The van der Waals surface area contributed by atoms with E-state index in [1.165, 1.54) is 0 Å². The van der Waals surface area contributed by atoms with Crippen molar-refractivity contribution in [3.8, 4) is 0 Å². The van der Waals surface area contributed by atoms with Gasteiger partial charge in [-0.15, -0.1) is 0 Å². The maximum absolute atomic E-state index is 2.89. The minimum Gasteiger partial charge on any atom is -1.00 e. The van der Waals surface area contributed by atoms with E-state index in [0.29, 0.717) is 0 Å². The monoisotopic (exact) mass is 432 g/mol. The van der Waals surface area contributed by atoms with Gasteiger partial charge in [0.1, 0.15) is 0 Å². The molecule has 4 radical (unpaired) electrons. The molecule has 0 spiro atoms. The summed E-state index contributed by atoms with van der Waals surface area (Å²) in [6, 6.07) is 25.0. The van der Waals surface area contributed by atoms with Crippen LogP contribution in [0.25, 0.3) is 0 Å². The van der Waals surface area contributed by atoms with Gasteiger partial charge in [-0.05, 0) is 12.1 Å². The Hall–Kier alpha value is 0.199. The molecule has 76 valence electrons. The molecule has 0 nitrogen and oxygen atoms in total. The van der Waals surface area contributed by atoms with Gasteiger partial charge in [0.05, 0.1) is 0 Å². The van der Waals surface area contributed by atoms with Gasteiger partial charge < -0.3 is 34.0 Å². The largest absolute Gasteiger partial charge is 2.00 e. The molecule has 0 aliphatic heterocycles. The molecule has 0 aliphatic rings. The van der Waals surface area contributed by atoms with E-state index < -0.39 is 0 Å². The van der Waals surface area contributed by atoms with Gasteiger partial charge in [0.15, 0.2) is 0 Å². The molecule has 0 saturated carbocycles. The zero-order valence-corrected chi connectivity index (χ0v) is 14.1. The van der Waals surface area contributed by atoms with Crippen LogP contribution in [0.15, 0.2) is 60.7 Å². The first kappa shape index (κ1) is 20.6. The van der Waals surface area contributed by atoms with Gasteiger partial charge in [0.2, 0.25) is 0 Å². The molecule has 0 atom stereocenters. The number of benzene rings is 2. The summed E-state index contributed by atoms with van der Waals surface area (Å²) in [5, 5.41) is 0. The number of hydrogen-bond donors (Lipinski definition) is 0. The van der Waals surface area contributed by atoms with Crippen molar-refractivity contribution >= 4 is 23.9 Å². The molecule has 0 N–H and O–H groups in total. The van der Waals surface area contributed by atoms with Gasteiger partial charge in [0, 0.05) is 0 Å². The van der Waals surface area contributed by atoms with E-state index >= 15 is 0 Å². The van der Waals surface area contributed by atoms with Gasteiger partial charge in [-0.25, -0.2) is 0 Å². The van der Waals surface area contributed by atoms with E-state index in [1.54, 1.807) is 0 Å². The van der Waals surface area contributed by atoms with Gasteiger partial charge in [-0.3, -0.25) is 0 Å². The first-order chi connectivity index (χ1) is 6.00. The zero-order chi connectivity index (χ0) is 8.49. The van der Waals surface area contributed by atoms with Crippen molar-refractivity contribution in [2.24, 2.45) is 0 Å². The van der Waals surface area contributed by atoms with Crippen LogP contribution in [-0.4, -0.2) is 23.9 Å². The number of rotatable bonds is 0. The van der Waals surface area contributed by atoms with Crippen molar-refractivity contribution in [2.75, 3.05) is 0 Å². The maximum atomic E-state index is 2.89. The molecule has 2 rings (SSSR count). The van der Waals surface area contributed by atoms with E-state index in [4.69, 9.17) is 0 Å². The summed E-state index contributed by atoms with van der Waals surface area (Å²) in [5.41, 5.74) is 0. The number of halogens is 2. The van der Waals surface area contributed by atoms with Gasteiger partial charge in [-0.1, -0.05) is 60.7 Å². The Morgan fingerprint density at radius 1 is 0.467 bits per heavy atom. The summed E-state index contributed by atoms with van der Waals surface area (Å²) < 4.78 is 0. The van der Waals surface area contributed by atoms with Crippen LogP contribution in [0.1, 0.15) is 0 Å². The van der Waals surface area contributed by atoms with E-state index in [2.05, 4.69) is 12.1 Å². The van der Waals surface area contributed by atoms with Crippen molar-refractivity contribution < 1.29 is 34.0 Å². The van der Waals surface area contributed by atoms with Crippen LogP contribution in [0.2, 0.25) is 0 Å². The fourth-order valence-electron chi connectivity index (χ4n) is 0.684. The molecule has 0 fully saturated rings. The molecule has 2 aromatic rings. The molecule has 0 heterocycles. The molecule has 15 heavy (non-hydrogen) atoms. The van der Waals surface area contributed by atoms with E-state index in [9.17, 15) is 0 Å². The predicted octanol–water partition coefficient (Wildman–Crippen LogP) is -3.40. The summed E-state index contributed by atoms with van der Waals surface area (Å²) in [6.07, 6.45) is 0. The first-order valence-electron chi connectivity index (χ1n) is 3.82. The van der Waals surface area contributed by atoms with Gasteiger partial charge in [0.25, 0.3) is 0 Å². The SMILES string of the molecule is [Br-].[Br-].[Sn+2].[c]1ccccc1.[c]1ccccc1. The Morgan fingerprint density at radius 3 is 0.800 bits per heavy atom. The normalized spacial score (nSPS) is 6.40. The Bertz CT molecular complexity index is 189. The van der Waals surface area contributed by atoms with Crippen molar-refractivity contribution in [3.05, 3.63) is 72.8 Å². The second kappa shape index (κ2) is 16.6. The molecular weight excluding hydrogens is 423 g/mol. The third-order valence-corrected chi connectivity index (χ3v) is 1.21. The fraction of sp³-hybridized carbons (Fsp3) is 0. The standard InChI is InChI=1S/2C6H5.2BrH.Sn/c2*1-2-4-6-5-3-1;;;/h2*1-5H;2*1H;/q;;;;+2/p-2. The smallest absolute Gasteiger partial charge is 1.00 e. The molecular formula is C12H10Br2Sn. The maximum Gasteiger partial charge on any atom is 2.00 e. The Kier molecular flexibility index (Phi) is 22.8. The van der Waals surface area contributed by atoms with E-state index in [0.717, 1.165) is 0 Å². The number of hydrogen-bond acceptors (Lipinski definition) is 0. The van der Waals surface area contributed by atoms with Crippen molar-refractivity contribution in [2.45, 2.75) is 0 Å². The van der Waals surface area contributed by atoms with E-state index in [1.807, 2.05) is 60.7 Å². The van der Waals surface area contributed by atoms with Crippen LogP contribution in [0.4, 0.5) is 0 Å². The fourth-order valence-corrected chi connectivity index (χ4v) is 0.684. The third-order valence-electron chi connectivity index (χ3n) is 1.21. The predicted molar refractivity (Wildman–Crippen MR) is 56.3 cm³/mol. The van der Waals surface area contributed by atoms with Crippen LogP contribution >= 0.6 is 0 Å². The molecule has 0 unspecified atom stereocenters. The summed E-state index contributed by atoms with van der Waals surface area (Å²) in [4.78, 5) is 0. The van der Waals surface area contributed by atoms with Crippen LogP contribution in [-0.2, 0) is 0 Å².